The first-order chi connectivity index (χ1) is 20.4. The molecule has 1 unspecified atom stereocenters. The van der Waals surface area contributed by atoms with Gasteiger partial charge in [0, 0.05) is 48.1 Å². The highest BCUT2D eigenvalue weighted by Gasteiger charge is 2.26. The van der Waals surface area contributed by atoms with E-state index in [9.17, 15) is 9.59 Å². The molecule has 5 rings (SSSR count). The Morgan fingerprint density at radius 1 is 0.929 bits per heavy atom. The first-order valence-electron chi connectivity index (χ1n) is 13.4. The van der Waals surface area contributed by atoms with Gasteiger partial charge in [0.15, 0.2) is 11.5 Å². The zero-order chi connectivity index (χ0) is 29.6. The largest absolute Gasteiger partial charge is 0.493 e. The minimum absolute atomic E-state index is 0.0797. The number of hydrogen-bond acceptors (Lipinski definition) is 7. The van der Waals surface area contributed by atoms with Gasteiger partial charge in [-0.1, -0.05) is 12.6 Å². The number of urea groups is 1. The van der Waals surface area contributed by atoms with Gasteiger partial charge in [-0.3, -0.25) is 9.78 Å². The quantitative estimate of drug-likeness (QED) is 0.233. The molecule has 1 fully saturated rings. The second-order valence-electron chi connectivity index (χ2n) is 9.74. The summed E-state index contributed by atoms with van der Waals surface area (Å²) in [7, 11) is 3.15. The van der Waals surface area contributed by atoms with Gasteiger partial charge < -0.3 is 34.5 Å². The van der Waals surface area contributed by atoms with Crippen LogP contribution in [-0.4, -0.2) is 55.2 Å². The van der Waals surface area contributed by atoms with Crippen LogP contribution in [0.1, 0.15) is 12.0 Å². The second-order valence-corrected chi connectivity index (χ2v) is 9.74. The van der Waals surface area contributed by atoms with Crippen LogP contribution in [0.15, 0.2) is 79.5 Å². The molecule has 3 amide bonds. The molecule has 1 aliphatic rings. The number of fused-ring (bicyclic) bond motifs is 1. The predicted molar refractivity (Wildman–Crippen MR) is 161 cm³/mol. The van der Waals surface area contributed by atoms with Crippen molar-refractivity contribution in [2.24, 2.45) is 0 Å². The molecule has 10 heteroatoms. The third-order valence-corrected chi connectivity index (χ3v) is 6.92. The normalized spacial score (nSPS) is 14.3. The molecule has 10 nitrogen and oxygen atoms in total. The molecular weight excluding hydrogens is 536 g/mol. The van der Waals surface area contributed by atoms with Crippen LogP contribution in [0.5, 0.6) is 28.7 Å². The lowest BCUT2D eigenvalue weighted by Gasteiger charge is -2.16. The zero-order valence-corrected chi connectivity index (χ0v) is 23.7. The topological polar surface area (TPSA) is 111 Å². The van der Waals surface area contributed by atoms with Crippen molar-refractivity contribution >= 4 is 34.2 Å². The monoisotopic (exact) mass is 568 g/mol. The van der Waals surface area contributed by atoms with Gasteiger partial charge in [0.2, 0.25) is 5.91 Å². The smallest absolute Gasteiger partial charge is 0.323 e. The fraction of sp³-hybridized carbons (Fsp3) is 0.219. The number of pyridine rings is 1. The van der Waals surface area contributed by atoms with Gasteiger partial charge in [0.05, 0.1) is 26.3 Å². The fourth-order valence-corrected chi connectivity index (χ4v) is 4.70. The number of rotatable bonds is 9. The lowest BCUT2D eigenvalue weighted by molar-refractivity contribution is -0.125. The van der Waals surface area contributed by atoms with E-state index in [2.05, 4.69) is 22.2 Å². The van der Waals surface area contributed by atoms with E-state index in [-0.39, 0.29) is 12.0 Å². The maximum atomic E-state index is 12.8. The number of carbonyl (C=O) groups is 2. The summed E-state index contributed by atoms with van der Waals surface area (Å²) >= 11 is 0. The number of nitrogens with one attached hydrogen (secondary N) is 2. The Bertz CT molecular complexity index is 1620. The molecule has 3 aromatic carbocycles. The molecule has 0 aliphatic carbocycles. The Labute approximate surface area is 243 Å². The number of aryl methyl sites for hydroxylation is 1. The first kappa shape index (κ1) is 28.3. The molecule has 1 atom stereocenters. The number of aromatic nitrogens is 1. The maximum absolute atomic E-state index is 12.8. The van der Waals surface area contributed by atoms with Crippen LogP contribution >= 0.6 is 0 Å². The van der Waals surface area contributed by atoms with Gasteiger partial charge in [-0.15, -0.1) is 0 Å². The van der Waals surface area contributed by atoms with E-state index in [1.165, 1.54) is 6.08 Å². The second kappa shape index (κ2) is 12.5. The van der Waals surface area contributed by atoms with Gasteiger partial charge in [-0.25, -0.2) is 4.79 Å². The van der Waals surface area contributed by atoms with Crippen LogP contribution in [0.2, 0.25) is 0 Å². The van der Waals surface area contributed by atoms with E-state index in [0.717, 1.165) is 17.4 Å². The predicted octanol–water partition coefficient (Wildman–Crippen LogP) is 6.16. The van der Waals surface area contributed by atoms with Crippen molar-refractivity contribution in [3.05, 3.63) is 85.1 Å². The van der Waals surface area contributed by atoms with Crippen LogP contribution in [0.25, 0.3) is 10.9 Å². The third-order valence-electron chi connectivity index (χ3n) is 6.92. The average Bonchev–Trinajstić information content (AvgIpc) is 3.47. The number of ether oxygens (including phenoxy) is 4. The molecule has 0 bridgehead atoms. The SMILES string of the molecule is C=CC(=O)N1CCC(Oc2ccc(NC(=O)Nc3ccc(C)c(Oc4ccnc5cc(OC)c(OC)cc45)c3)cc2)C1. The summed E-state index contributed by atoms with van der Waals surface area (Å²) in [5.74, 6) is 2.89. The van der Waals surface area contributed by atoms with Crippen LogP contribution in [0, 0.1) is 6.92 Å². The number of carbonyl (C=O) groups excluding carboxylic acids is 2. The Hall–Kier alpha value is -5.25. The van der Waals surface area contributed by atoms with E-state index < -0.39 is 6.03 Å². The average molecular weight is 569 g/mol. The molecule has 1 aromatic heterocycles. The molecule has 0 saturated carbocycles. The minimum Gasteiger partial charge on any atom is -0.493 e. The standard InChI is InChI=1S/C32H32N4O6/c1-5-31(37)36-15-13-24(19-36)41-23-10-8-21(9-11-23)34-32(38)35-22-7-6-20(2)28(16-22)42-27-12-14-33-26-18-30(40-4)29(39-3)17-25(26)27/h5-12,14,16-18,24H,1,13,15,19H2,2-4H3,(H2,34,35,38). The molecule has 216 valence electrons. The molecule has 0 spiro atoms. The molecule has 2 N–H and O–H groups in total. The number of hydrogen-bond donors (Lipinski definition) is 2. The van der Waals surface area contributed by atoms with Gasteiger partial charge in [-0.2, -0.15) is 0 Å². The summed E-state index contributed by atoms with van der Waals surface area (Å²) < 4.78 is 23.1. The van der Waals surface area contributed by atoms with Gasteiger partial charge in [0.25, 0.3) is 0 Å². The summed E-state index contributed by atoms with van der Waals surface area (Å²) in [5, 5.41) is 6.44. The number of benzene rings is 3. The highest BCUT2D eigenvalue weighted by atomic mass is 16.5. The Balaban J connectivity index is 1.22. The van der Waals surface area contributed by atoms with Crippen molar-refractivity contribution in [1.82, 2.24) is 9.88 Å². The zero-order valence-electron chi connectivity index (χ0n) is 23.7. The van der Waals surface area contributed by atoms with Crippen molar-refractivity contribution in [2.45, 2.75) is 19.4 Å². The van der Waals surface area contributed by atoms with Crippen molar-refractivity contribution in [2.75, 3.05) is 37.9 Å². The van der Waals surface area contributed by atoms with E-state index in [0.29, 0.717) is 58.7 Å². The molecular formula is C32H32N4O6. The lowest BCUT2D eigenvalue weighted by Crippen LogP contribution is -2.29. The Kier molecular flexibility index (Phi) is 8.42. The lowest BCUT2D eigenvalue weighted by atomic mass is 10.1. The van der Waals surface area contributed by atoms with Gasteiger partial charge >= 0.3 is 6.03 Å². The van der Waals surface area contributed by atoms with Crippen molar-refractivity contribution < 1.29 is 28.5 Å². The fourth-order valence-electron chi connectivity index (χ4n) is 4.70. The number of methoxy groups -OCH3 is 2. The van der Waals surface area contributed by atoms with Gasteiger partial charge in [-0.05, 0) is 61.0 Å². The highest BCUT2D eigenvalue weighted by molar-refractivity contribution is 6.00. The van der Waals surface area contributed by atoms with E-state index in [1.54, 1.807) is 73.8 Å². The molecule has 2 heterocycles. The summed E-state index contributed by atoms with van der Waals surface area (Å²) in [5.41, 5.74) is 2.75. The van der Waals surface area contributed by atoms with E-state index in [4.69, 9.17) is 18.9 Å². The number of nitrogens with zero attached hydrogens (tertiary/aromatic N) is 2. The number of likely N-dealkylation sites (tertiary alicyclic amines) is 1. The van der Waals surface area contributed by atoms with E-state index in [1.807, 2.05) is 19.1 Å². The highest BCUT2D eigenvalue weighted by Crippen LogP contribution is 2.38. The van der Waals surface area contributed by atoms with Crippen LogP contribution in [0.4, 0.5) is 16.2 Å². The molecule has 42 heavy (non-hydrogen) atoms. The minimum atomic E-state index is -0.404. The summed E-state index contributed by atoms with van der Waals surface area (Å²) in [6, 6.07) is 17.5. The maximum Gasteiger partial charge on any atom is 0.323 e. The number of amides is 3. The van der Waals surface area contributed by atoms with Gasteiger partial charge in [0.1, 0.15) is 23.4 Å². The van der Waals surface area contributed by atoms with Crippen LogP contribution < -0.4 is 29.6 Å². The molecule has 4 aromatic rings. The third kappa shape index (κ3) is 6.38. The van der Waals surface area contributed by atoms with Crippen LogP contribution in [0.3, 0.4) is 0 Å². The summed E-state index contributed by atoms with van der Waals surface area (Å²) in [4.78, 5) is 30.7. The summed E-state index contributed by atoms with van der Waals surface area (Å²) in [6.45, 7) is 6.63. The molecule has 0 radical (unpaired) electrons. The van der Waals surface area contributed by atoms with Crippen LogP contribution in [-0.2, 0) is 4.79 Å². The van der Waals surface area contributed by atoms with Crippen molar-refractivity contribution in [3.63, 3.8) is 0 Å². The molecule has 1 saturated heterocycles. The first-order valence-corrected chi connectivity index (χ1v) is 13.4. The van der Waals surface area contributed by atoms with Crippen molar-refractivity contribution in [1.29, 1.82) is 0 Å². The Morgan fingerprint density at radius 3 is 2.38 bits per heavy atom. The van der Waals surface area contributed by atoms with Crippen molar-refractivity contribution in [3.8, 4) is 28.7 Å². The molecule has 1 aliphatic heterocycles. The summed E-state index contributed by atoms with van der Waals surface area (Å²) in [6.07, 6.45) is 3.65. The van der Waals surface area contributed by atoms with E-state index >= 15 is 0 Å². The Morgan fingerprint density at radius 2 is 1.64 bits per heavy atom. The number of anilines is 2.